The molecule has 0 saturated heterocycles. The van der Waals surface area contributed by atoms with Crippen molar-refractivity contribution in [3.63, 3.8) is 0 Å². The average molecular weight is 187 g/mol. The summed E-state index contributed by atoms with van der Waals surface area (Å²) in [6, 6.07) is 10.2. The van der Waals surface area contributed by atoms with Crippen LogP contribution in [0.5, 0.6) is 0 Å². The van der Waals surface area contributed by atoms with E-state index in [9.17, 15) is 0 Å². The van der Waals surface area contributed by atoms with Crippen LogP contribution >= 0.6 is 23.4 Å². The van der Waals surface area contributed by atoms with Crippen LogP contribution in [0.25, 0.3) is 0 Å². The quantitative estimate of drug-likeness (QED) is 0.653. The molecule has 60 valence electrons. The first-order chi connectivity index (χ1) is 5.34. The molecule has 0 fully saturated rings. The summed E-state index contributed by atoms with van der Waals surface area (Å²) in [6.45, 7) is 0. The fourth-order valence-corrected chi connectivity index (χ4v) is 1.91. The van der Waals surface area contributed by atoms with Gasteiger partial charge < -0.3 is 0 Å². The van der Waals surface area contributed by atoms with Crippen LogP contribution in [-0.4, -0.2) is 12.0 Å². The van der Waals surface area contributed by atoms with E-state index in [2.05, 4.69) is 18.4 Å². The molecular formula is C9H11ClS. The van der Waals surface area contributed by atoms with Crippen LogP contribution in [0.2, 0.25) is 0 Å². The summed E-state index contributed by atoms with van der Waals surface area (Å²) in [5.41, 5.74) is 1.21. The predicted octanol–water partition coefficient (Wildman–Crippen LogP) is 3.33. The average Bonchev–Trinajstić information content (AvgIpc) is 2.07. The van der Waals surface area contributed by atoms with E-state index < -0.39 is 0 Å². The Morgan fingerprint density at radius 3 is 2.55 bits per heavy atom. The lowest BCUT2D eigenvalue weighted by atomic mass is 10.2. The maximum Gasteiger partial charge on any atom is 0.0675 e. The van der Waals surface area contributed by atoms with Crippen LogP contribution in [0.4, 0.5) is 0 Å². The number of hydrogen-bond donors (Lipinski definition) is 0. The van der Waals surface area contributed by atoms with Crippen LogP contribution in [0.1, 0.15) is 10.9 Å². The molecule has 11 heavy (non-hydrogen) atoms. The van der Waals surface area contributed by atoms with Gasteiger partial charge >= 0.3 is 0 Å². The molecule has 1 aromatic rings. The number of benzene rings is 1. The molecule has 0 bridgehead atoms. The Hall–Kier alpha value is -0.140. The summed E-state index contributed by atoms with van der Waals surface area (Å²) in [4.78, 5) is 0. The van der Waals surface area contributed by atoms with Gasteiger partial charge in [0.15, 0.2) is 0 Å². The molecule has 0 amide bonds. The summed E-state index contributed by atoms with van der Waals surface area (Å²) < 4.78 is 0. The van der Waals surface area contributed by atoms with Gasteiger partial charge in [0.1, 0.15) is 0 Å². The first-order valence-corrected chi connectivity index (χ1v) is 5.35. The normalized spacial score (nSPS) is 12.9. The topological polar surface area (TPSA) is 0 Å². The zero-order chi connectivity index (χ0) is 8.10. The molecular weight excluding hydrogens is 176 g/mol. The minimum atomic E-state index is 0.159. The summed E-state index contributed by atoms with van der Waals surface area (Å²) >= 11 is 7.86. The van der Waals surface area contributed by atoms with Crippen LogP contribution in [0, 0.1) is 0 Å². The molecule has 1 aromatic carbocycles. The van der Waals surface area contributed by atoms with E-state index in [0.29, 0.717) is 0 Å². The molecule has 0 saturated carbocycles. The van der Waals surface area contributed by atoms with E-state index in [1.54, 1.807) is 11.8 Å². The molecule has 1 atom stereocenters. The smallest absolute Gasteiger partial charge is 0.0675 e. The lowest BCUT2D eigenvalue weighted by molar-refractivity contribution is 1.10. The highest BCUT2D eigenvalue weighted by Crippen LogP contribution is 2.22. The van der Waals surface area contributed by atoms with E-state index in [4.69, 9.17) is 11.6 Å². The van der Waals surface area contributed by atoms with Crippen molar-refractivity contribution in [3.05, 3.63) is 35.9 Å². The summed E-state index contributed by atoms with van der Waals surface area (Å²) in [5.74, 6) is 0.978. The largest absolute Gasteiger partial charge is 0.164 e. The minimum Gasteiger partial charge on any atom is -0.164 e. The third kappa shape index (κ3) is 2.76. The van der Waals surface area contributed by atoms with Gasteiger partial charge in [-0.2, -0.15) is 11.8 Å². The number of hydrogen-bond acceptors (Lipinski definition) is 1. The highest BCUT2D eigenvalue weighted by Gasteiger charge is 2.04. The van der Waals surface area contributed by atoms with Gasteiger partial charge in [-0.25, -0.2) is 0 Å². The van der Waals surface area contributed by atoms with Gasteiger partial charge in [-0.15, -0.1) is 11.6 Å². The number of thioether (sulfide) groups is 1. The Morgan fingerprint density at radius 2 is 2.00 bits per heavy atom. The van der Waals surface area contributed by atoms with Crippen molar-refractivity contribution < 1.29 is 0 Å². The Bertz CT molecular complexity index is 198. The highest BCUT2D eigenvalue weighted by atomic mass is 35.5. The van der Waals surface area contributed by atoms with Crippen LogP contribution in [-0.2, 0) is 0 Å². The van der Waals surface area contributed by atoms with Crippen LogP contribution < -0.4 is 0 Å². The van der Waals surface area contributed by atoms with Gasteiger partial charge in [0.2, 0.25) is 0 Å². The number of alkyl halides is 1. The summed E-state index contributed by atoms with van der Waals surface area (Å²) in [5, 5.41) is 0.159. The maximum absolute atomic E-state index is 6.09. The predicted molar refractivity (Wildman–Crippen MR) is 53.4 cm³/mol. The van der Waals surface area contributed by atoms with E-state index in [1.165, 1.54) is 5.56 Å². The van der Waals surface area contributed by atoms with Crippen molar-refractivity contribution in [2.45, 2.75) is 5.38 Å². The molecule has 0 aromatic heterocycles. The van der Waals surface area contributed by atoms with Gasteiger partial charge in [-0.3, -0.25) is 0 Å². The lowest BCUT2D eigenvalue weighted by Crippen LogP contribution is -1.91. The zero-order valence-electron chi connectivity index (χ0n) is 6.46. The molecule has 0 nitrogen and oxygen atoms in total. The molecule has 0 aliphatic heterocycles. The molecule has 0 heterocycles. The van der Waals surface area contributed by atoms with Crippen molar-refractivity contribution in [2.24, 2.45) is 0 Å². The first-order valence-electron chi connectivity index (χ1n) is 3.52. The SMILES string of the molecule is CSCC(Cl)c1ccccc1. The molecule has 0 aliphatic carbocycles. The number of rotatable bonds is 3. The molecule has 0 radical (unpaired) electrons. The van der Waals surface area contributed by atoms with Crippen LogP contribution in [0.3, 0.4) is 0 Å². The molecule has 0 spiro atoms. The Labute approximate surface area is 77.0 Å². The van der Waals surface area contributed by atoms with E-state index in [1.807, 2.05) is 18.2 Å². The molecule has 1 rings (SSSR count). The van der Waals surface area contributed by atoms with Gasteiger partial charge in [0.25, 0.3) is 0 Å². The summed E-state index contributed by atoms with van der Waals surface area (Å²) in [7, 11) is 0. The van der Waals surface area contributed by atoms with Crippen molar-refractivity contribution >= 4 is 23.4 Å². The highest BCUT2D eigenvalue weighted by molar-refractivity contribution is 7.98. The van der Waals surface area contributed by atoms with Gasteiger partial charge in [0, 0.05) is 5.75 Å². The first kappa shape index (κ1) is 8.95. The standard InChI is InChI=1S/C9H11ClS/c1-11-7-9(10)8-5-3-2-4-6-8/h2-6,9H,7H2,1H3. The Kier molecular flexibility index (Phi) is 3.81. The van der Waals surface area contributed by atoms with E-state index in [0.717, 1.165) is 5.75 Å². The maximum atomic E-state index is 6.09. The third-order valence-corrected chi connectivity index (χ3v) is 2.73. The van der Waals surface area contributed by atoms with Gasteiger partial charge in [-0.05, 0) is 11.8 Å². The molecule has 0 aliphatic rings. The number of halogens is 1. The van der Waals surface area contributed by atoms with E-state index in [-0.39, 0.29) is 5.38 Å². The Morgan fingerprint density at radius 1 is 1.36 bits per heavy atom. The Balaban J connectivity index is 2.61. The van der Waals surface area contributed by atoms with Crippen molar-refractivity contribution in [3.8, 4) is 0 Å². The summed E-state index contributed by atoms with van der Waals surface area (Å²) in [6.07, 6.45) is 2.07. The molecule has 1 unspecified atom stereocenters. The van der Waals surface area contributed by atoms with Crippen molar-refractivity contribution in [1.29, 1.82) is 0 Å². The van der Waals surface area contributed by atoms with Gasteiger partial charge in [0.05, 0.1) is 5.38 Å². The lowest BCUT2D eigenvalue weighted by Gasteiger charge is -2.06. The molecule has 2 heteroatoms. The van der Waals surface area contributed by atoms with E-state index >= 15 is 0 Å². The third-order valence-electron chi connectivity index (χ3n) is 1.47. The fourth-order valence-electron chi connectivity index (χ4n) is 0.904. The van der Waals surface area contributed by atoms with Crippen LogP contribution in [0.15, 0.2) is 30.3 Å². The molecule has 0 N–H and O–H groups in total. The minimum absolute atomic E-state index is 0.159. The second kappa shape index (κ2) is 4.68. The second-order valence-electron chi connectivity index (χ2n) is 2.33. The van der Waals surface area contributed by atoms with Gasteiger partial charge in [-0.1, -0.05) is 30.3 Å². The zero-order valence-corrected chi connectivity index (χ0v) is 8.03. The monoisotopic (exact) mass is 186 g/mol. The van der Waals surface area contributed by atoms with Crippen molar-refractivity contribution in [2.75, 3.05) is 12.0 Å². The second-order valence-corrected chi connectivity index (χ2v) is 3.77. The van der Waals surface area contributed by atoms with Crippen molar-refractivity contribution in [1.82, 2.24) is 0 Å². The fraction of sp³-hybridized carbons (Fsp3) is 0.333.